The van der Waals surface area contributed by atoms with Crippen molar-refractivity contribution in [2.75, 3.05) is 26.2 Å². The Balaban J connectivity index is 1.78. The van der Waals surface area contributed by atoms with Crippen LogP contribution in [0, 0.1) is 5.41 Å². The zero-order valence-electron chi connectivity index (χ0n) is 9.89. The molecule has 2 aliphatic heterocycles. The lowest BCUT2D eigenvalue weighted by molar-refractivity contribution is 0.0917. The van der Waals surface area contributed by atoms with Gasteiger partial charge in [0.15, 0.2) is 0 Å². The molecule has 0 bridgehead atoms. The van der Waals surface area contributed by atoms with Gasteiger partial charge < -0.3 is 5.32 Å². The maximum absolute atomic E-state index is 12.4. The number of hydrogen-bond acceptors (Lipinski definition) is 3. The van der Waals surface area contributed by atoms with Gasteiger partial charge in [-0.15, -0.1) is 0 Å². The average Bonchev–Trinajstić information content (AvgIpc) is 2.76. The second-order valence-electron chi connectivity index (χ2n) is 5.15. The van der Waals surface area contributed by atoms with Gasteiger partial charge in [-0.1, -0.05) is 15.9 Å². The lowest BCUT2D eigenvalue weighted by atomic mass is 9.81. The van der Waals surface area contributed by atoms with Crippen LogP contribution in [0.15, 0.2) is 33.6 Å². The molecular weight excluding hydrogens is 316 g/mol. The molecule has 1 aromatic carbocycles. The first-order chi connectivity index (χ1) is 8.52. The number of benzene rings is 1. The maximum Gasteiger partial charge on any atom is 0.243 e. The molecule has 1 spiro atoms. The summed E-state index contributed by atoms with van der Waals surface area (Å²) in [5, 5.41) is 3.31. The largest absolute Gasteiger partial charge is 0.316 e. The SMILES string of the molecule is O=S(=O)(c1ccc(Br)cc1)N1CC2(CCNC2)C1. The molecule has 0 aromatic heterocycles. The summed E-state index contributed by atoms with van der Waals surface area (Å²) in [7, 11) is -3.30. The molecule has 2 fully saturated rings. The molecule has 6 heteroatoms. The summed E-state index contributed by atoms with van der Waals surface area (Å²) in [6.07, 6.45) is 1.08. The topological polar surface area (TPSA) is 49.4 Å². The second-order valence-corrected chi connectivity index (χ2v) is 8.01. The summed E-state index contributed by atoms with van der Waals surface area (Å²) < 4.78 is 27.2. The Kier molecular flexibility index (Phi) is 3.01. The normalized spacial score (nSPS) is 23.2. The van der Waals surface area contributed by atoms with Crippen molar-refractivity contribution < 1.29 is 8.42 Å². The van der Waals surface area contributed by atoms with Crippen LogP contribution in [-0.4, -0.2) is 38.9 Å². The molecule has 18 heavy (non-hydrogen) atoms. The summed E-state index contributed by atoms with van der Waals surface area (Å²) in [5.41, 5.74) is 0.197. The molecular formula is C12H15BrN2O2S. The number of sulfonamides is 1. The third kappa shape index (κ3) is 2.01. The number of hydrogen-bond donors (Lipinski definition) is 1. The minimum atomic E-state index is -3.30. The molecule has 2 heterocycles. The smallest absolute Gasteiger partial charge is 0.243 e. The Bertz CT molecular complexity index is 542. The van der Waals surface area contributed by atoms with Crippen LogP contribution in [0.3, 0.4) is 0 Å². The zero-order chi connectivity index (χ0) is 12.8. The molecule has 0 atom stereocenters. The lowest BCUT2D eigenvalue weighted by Crippen LogP contribution is -2.59. The highest BCUT2D eigenvalue weighted by molar-refractivity contribution is 9.10. The molecule has 3 rings (SSSR count). The Hall–Kier alpha value is -0.430. The molecule has 2 aliphatic rings. The van der Waals surface area contributed by atoms with Crippen molar-refractivity contribution in [3.8, 4) is 0 Å². The van der Waals surface area contributed by atoms with Crippen LogP contribution in [0.1, 0.15) is 6.42 Å². The zero-order valence-corrected chi connectivity index (χ0v) is 12.3. The van der Waals surface area contributed by atoms with E-state index in [1.54, 1.807) is 28.6 Å². The third-order valence-electron chi connectivity index (χ3n) is 3.81. The van der Waals surface area contributed by atoms with Crippen LogP contribution in [0.4, 0.5) is 0 Å². The molecule has 0 aliphatic carbocycles. The molecule has 2 saturated heterocycles. The van der Waals surface area contributed by atoms with E-state index in [2.05, 4.69) is 21.2 Å². The Morgan fingerprint density at radius 3 is 2.44 bits per heavy atom. The van der Waals surface area contributed by atoms with E-state index in [-0.39, 0.29) is 5.41 Å². The van der Waals surface area contributed by atoms with Crippen molar-refractivity contribution in [3.05, 3.63) is 28.7 Å². The summed E-state index contributed by atoms with van der Waals surface area (Å²) in [6.45, 7) is 3.25. The first-order valence-corrected chi connectivity index (χ1v) is 8.22. The van der Waals surface area contributed by atoms with Gasteiger partial charge in [0.25, 0.3) is 0 Å². The number of nitrogens with one attached hydrogen (secondary N) is 1. The predicted molar refractivity (Wildman–Crippen MR) is 72.8 cm³/mol. The summed E-state index contributed by atoms with van der Waals surface area (Å²) in [4.78, 5) is 0.381. The van der Waals surface area contributed by atoms with E-state index < -0.39 is 10.0 Å². The predicted octanol–water partition coefficient (Wildman–Crippen LogP) is 1.43. The minimum Gasteiger partial charge on any atom is -0.316 e. The number of halogens is 1. The average molecular weight is 331 g/mol. The Labute approximate surface area is 116 Å². The van der Waals surface area contributed by atoms with Gasteiger partial charge in [0.05, 0.1) is 4.90 Å². The van der Waals surface area contributed by atoms with Crippen molar-refractivity contribution in [2.45, 2.75) is 11.3 Å². The third-order valence-corrected chi connectivity index (χ3v) is 6.14. The first kappa shape index (κ1) is 12.6. The second kappa shape index (κ2) is 4.30. The van der Waals surface area contributed by atoms with Gasteiger partial charge in [-0.25, -0.2) is 8.42 Å². The van der Waals surface area contributed by atoms with Gasteiger partial charge in [-0.05, 0) is 37.2 Å². The fourth-order valence-corrected chi connectivity index (χ4v) is 4.62. The highest BCUT2D eigenvalue weighted by Gasteiger charge is 2.49. The molecule has 0 unspecified atom stereocenters. The van der Waals surface area contributed by atoms with Gasteiger partial charge in [0, 0.05) is 29.5 Å². The molecule has 98 valence electrons. The molecule has 1 N–H and O–H groups in total. The van der Waals surface area contributed by atoms with E-state index in [0.717, 1.165) is 24.0 Å². The lowest BCUT2D eigenvalue weighted by Gasteiger charge is -2.46. The van der Waals surface area contributed by atoms with Crippen molar-refractivity contribution in [2.24, 2.45) is 5.41 Å². The molecule has 4 nitrogen and oxygen atoms in total. The first-order valence-electron chi connectivity index (χ1n) is 5.98. The van der Waals surface area contributed by atoms with E-state index in [9.17, 15) is 8.42 Å². The summed E-state index contributed by atoms with van der Waals surface area (Å²) in [6, 6.07) is 6.83. The van der Waals surface area contributed by atoms with Crippen LogP contribution in [0.5, 0.6) is 0 Å². The van der Waals surface area contributed by atoms with Gasteiger partial charge in [0.2, 0.25) is 10.0 Å². The van der Waals surface area contributed by atoms with Crippen molar-refractivity contribution in [1.82, 2.24) is 9.62 Å². The van der Waals surface area contributed by atoms with Crippen molar-refractivity contribution in [3.63, 3.8) is 0 Å². The standard InChI is InChI=1S/C12H15BrN2O2S/c13-10-1-3-11(4-2-10)18(16,17)15-8-12(9-15)5-6-14-7-12/h1-4,14H,5-9H2. The van der Waals surface area contributed by atoms with E-state index in [1.807, 2.05) is 0 Å². The fourth-order valence-electron chi connectivity index (χ4n) is 2.69. The Morgan fingerprint density at radius 1 is 1.22 bits per heavy atom. The fraction of sp³-hybridized carbons (Fsp3) is 0.500. The van der Waals surface area contributed by atoms with Crippen molar-refractivity contribution >= 4 is 26.0 Å². The van der Waals surface area contributed by atoms with Gasteiger partial charge >= 0.3 is 0 Å². The van der Waals surface area contributed by atoms with Crippen LogP contribution >= 0.6 is 15.9 Å². The van der Waals surface area contributed by atoms with Gasteiger partial charge in [0.1, 0.15) is 0 Å². The van der Waals surface area contributed by atoms with E-state index in [0.29, 0.717) is 18.0 Å². The van der Waals surface area contributed by atoms with E-state index in [1.165, 1.54) is 0 Å². The summed E-state index contributed by atoms with van der Waals surface area (Å²) >= 11 is 3.31. The van der Waals surface area contributed by atoms with Crippen molar-refractivity contribution in [1.29, 1.82) is 0 Å². The van der Waals surface area contributed by atoms with Crippen LogP contribution < -0.4 is 5.32 Å². The van der Waals surface area contributed by atoms with E-state index in [4.69, 9.17) is 0 Å². The highest BCUT2D eigenvalue weighted by atomic mass is 79.9. The van der Waals surface area contributed by atoms with Gasteiger partial charge in [-0.2, -0.15) is 4.31 Å². The monoisotopic (exact) mass is 330 g/mol. The van der Waals surface area contributed by atoms with Crippen LogP contribution in [0.25, 0.3) is 0 Å². The number of rotatable bonds is 2. The summed E-state index contributed by atoms with van der Waals surface area (Å²) in [5.74, 6) is 0. The maximum atomic E-state index is 12.4. The molecule has 1 aromatic rings. The van der Waals surface area contributed by atoms with E-state index >= 15 is 0 Å². The molecule has 0 amide bonds. The van der Waals surface area contributed by atoms with Crippen LogP contribution in [-0.2, 0) is 10.0 Å². The molecule has 0 saturated carbocycles. The quantitative estimate of drug-likeness (QED) is 0.892. The van der Waals surface area contributed by atoms with Crippen LogP contribution in [0.2, 0.25) is 0 Å². The van der Waals surface area contributed by atoms with Gasteiger partial charge in [-0.3, -0.25) is 0 Å². The number of nitrogens with zero attached hydrogens (tertiary/aromatic N) is 1. The minimum absolute atomic E-state index is 0.197. The highest BCUT2D eigenvalue weighted by Crippen LogP contribution is 2.39. The Morgan fingerprint density at radius 2 is 1.89 bits per heavy atom. The molecule has 0 radical (unpaired) electrons.